The van der Waals surface area contributed by atoms with E-state index in [4.69, 9.17) is 5.11 Å². The molecule has 0 spiro atoms. The Bertz CT molecular complexity index is 524. The zero-order valence-electron chi connectivity index (χ0n) is 10.9. The monoisotopic (exact) mass is 289 g/mol. The van der Waals surface area contributed by atoms with Crippen molar-refractivity contribution < 1.29 is 27.9 Å². The molecule has 7 heteroatoms. The molecule has 0 aliphatic carbocycles. The fourth-order valence-electron chi connectivity index (χ4n) is 1.46. The summed E-state index contributed by atoms with van der Waals surface area (Å²) in [6.45, 7) is 2.72. The topological polar surface area (TPSA) is 66.4 Å². The van der Waals surface area contributed by atoms with Crippen molar-refractivity contribution in [2.75, 3.05) is 5.32 Å². The fourth-order valence-corrected chi connectivity index (χ4v) is 1.46. The number of carbonyl (C=O) groups is 2. The highest BCUT2D eigenvalue weighted by Gasteiger charge is 2.32. The summed E-state index contributed by atoms with van der Waals surface area (Å²) in [6.07, 6.45) is -4.83. The molecule has 1 aromatic rings. The van der Waals surface area contributed by atoms with E-state index in [1.807, 2.05) is 0 Å². The second-order valence-corrected chi connectivity index (χ2v) is 4.99. The van der Waals surface area contributed by atoms with Crippen molar-refractivity contribution in [3.05, 3.63) is 29.8 Å². The van der Waals surface area contributed by atoms with Gasteiger partial charge in [0.05, 0.1) is 11.0 Å². The molecule has 0 atom stereocenters. The Morgan fingerprint density at radius 2 is 1.85 bits per heavy atom. The van der Waals surface area contributed by atoms with Gasteiger partial charge in [-0.3, -0.25) is 9.59 Å². The third-order valence-electron chi connectivity index (χ3n) is 2.66. The quantitative estimate of drug-likeness (QED) is 0.894. The van der Waals surface area contributed by atoms with Crippen molar-refractivity contribution in [1.82, 2.24) is 0 Å². The van der Waals surface area contributed by atoms with Crippen LogP contribution >= 0.6 is 0 Å². The van der Waals surface area contributed by atoms with Crippen LogP contribution in [0.1, 0.15) is 25.8 Å². The Balaban J connectivity index is 2.80. The lowest BCUT2D eigenvalue weighted by molar-refractivity contribution is -0.149. The van der Waals surface area contributed by atoms with Crippen LogP contribution in [0.5, 0.6) is 0 Å². The minimum atomic E-state index is -4.50. The van der Waals surface area contributed by atoms with Crippen LogP contribution < -0.4 is 5.32 Å². The Labute approximate surface area is 113 Å². The number of aliphatic carboxylic acids is 1. The predicted molar refractivity (Wildman–Crippen MR) is 66.1 cm³/mol. The summed E-state index contributed by atoms with van der Waals surface area (Å²) >= 11 is 0. The zero-order chi connectivity index (χ0) is 15.6. The van der Waals surface area contributed by atoms with Gasteiger partial charge < -0.3 is 10.4 Å². The summed E-state index contributed by atoms with van der Waals surface area (Å²) in [7, 11) is 0. The van der Waals surface area contributed by atoms with E-state index in [1.54, 1.807) is 0 Å². The number of rotatable bonds is 4. The second-order valence-electron chi connectivity index (χ2n) is 4.99. The van der Waals surface area contributed by atoms with Crippen LogP contribution in [-0.4, -0.2) is 17.0 Å². The maximum absolute atomic E-state index is 12.5. The molecule has 0 unspecified atom stereocenters. The van der Waals surface area contributed by atoms with Crippen LogP contribution in [-0.2, 0) is 15.8 Å². The number of nitrogens with one attached hydrogen (secondary N) is 1. The van der Waals surface area contributed by atoms with E-state index in [0.717, 1.165) is 12.1 Å². The lowest BCUT2D eigenvalue weighted by atomic mass is 9.89. The van der Waals surface area contributed by atoms with Crippen molar-refractivity contribution in [2.45, 2.75) is 26.4 Å². The van der Waals surface area contributed by atoms with Crippen molar-refractivity contribution in [3.63, 3.8) is 0 Å². The fraction of sp³-hybridized carbons (Fsp3) is 0.385. The van der Waals surface area contributed by atoms with Crippen molar-refractivity contribution >= 4 is 17.6 Å². The van der Waals surface area contributed by atoms with E-state index in [2.05, 4.69) is 5.32 Å². The maximum atomic E-state index is 12.5. The van der Waals surface area contributed by atoms with Gasteiger partial charge in [-0.05, 0) is 32.0 Å². The number of anilines is 1. The van der Waals surface area contributed by atoms with E-state index in [0.29, 0.717) is 0 Å². The smallest absolute Gasteiger partial charge is 0.416 e. The van der Waals surface area contributed by atoms with Gasteiger partial charge in [0, 0.05) is 12.1 Å². The molecule has 1 aromatic carbocycles. The molecule has 110 valence electrons. The number of carbonyl (C=O) groups excluding carboxylic acids is 1. The average Bonchev–Trinajstić information content (AvgIpc) is 2.26. The number of carboxylic acid groups (broad SMARTS) is 1. The van der Waals surface area contributed by atoms with Crippen LogP contribution in [0.3, 0.4) is 0 Å². The SMILES string of the molecule is CC(C)(CC(=O)Nc1cccc(C(F)(F)F)c1)C(=O)O. The third-order valence-corrected chi connectivity index (χ3v) is 2.66. The van der Waals surface area contributed by atoms with Gasteiger partial charge in [0.1, 0.15) is 0 Å². The first-order chi connectivity index (χ1) is 9.02. The molecule has 0 aliphatic heterocycles. The standard InChI is InChI=1S/C13H14F3NO3/c1-12(2,11(19)20)7-10(18)17-9-5-3-4-8(6-9)13(14,15)16/h3-6H,7H2,1-2H3,(H,17,18)(H,19,20). The van der Waals surface area contributed by atoms with Crippen LogP contribution in [0.25, 0.3) is 0 Å². The number of benzene rings is 1. The van der Waals surface area contributed by atoms with E-state index in [-0.39, 0.29) is 12.1 Å². The summed E-state index contributed by atoms with van der Waals surface area (Å²) < 4.78 is 37.5. The van der Waals surface area contributed by atoms with Gasteiger partial charge in [0.2, 0.25) is 5.91 Å². The largest absolute Gasteiger partial charge is 0.481 e. The first-order valence-corrected chi connectivity index (χ1v) is 5.73. The number of amides is 1. The Morgan fingerprint density at radius 1 is 1.25 bits per heavy atom. The molecule has 1 amide bonds. The maximum Gasteiger partial charge on any atom is 0.416 e. The molecular weight excluding hydrogens is 275 g/mol. The zero-order valence-corrected chi connectivity index (χ0v) is 10.9. The minimum absolute atomic E-state index is 0.0222. The van der Waals surface area contributed by atoms with Crippen LogP contribution in [0.2, 0.25) is 0 Å². The van der Waals surface area contributed by atoms with Crippen LogP contribution in [0.15, 0.2) is 24.3 Å². The number of hydrogen-bond acceptors (Lipinski definition) is 2. The highest BCUT2D eigenvalue weighted by Crippen LogP contribution is 2.31. The van der Waals surface area contributed by atoms with Crippen molar-refractivity contribution in [1.29, 1.82) is 0 Å². The summed E-state index contributed by atoms with van der Waals surface area (Å²) in [5, 5.41) is 11.1. The summed E-state index contributed by atoms with van der Waals surface area (Å²) in [6, 6.07) is 4.16. The number of hydrogen-bond donors (Lipinski definition) is 2. The van der Waals surface area contributed by atoms with E-state index in [1.165, 1.54) is 26.0 Å². The van der Waals surface area contributed by atoms with Gasteiger partial charge in [0.15, 0.2) is 0 Å². The minimum Gasteiger partial charge on any atom is -0.481 e. The Kier molecular flexibility index (Phi) is 4.42. The van der Waals surface area contributed by atoms with E-state index >= 15 is 0 Å². The first kappa shape index (κ1) is 16.0. The molecule has 0 saturated carbocycles. The lowest BCUT2D eigenvalue weighted by Gasteiger charge is -2.18. The molecule has 20 heavy (non-hydrogen) atoms. The normalized spacial score (nSPS) is 12.1. The second kappa shape index (κ2) is 5.52. The number of carboxylic acids is 1. The van der Waals surface area contributed by atoms with E-state index < -0.39 is 29.0 Å². The van der Waals surface area contributed by atoms with E-state index in [9.17, 15) is 22.8 Å². The molecule has 0 fully saturated rings. The molecule has 1 rings (SSSR count). The number of halogens is 3. The van der Waals surface area contributed by atoms with Crippen molar-refractivity contribution in [2.24, 2.45) is 5.41 Å². The molecule has 0 aromatic heterocycles. The predicted octanol–water partition coefficient (Wildman–Crippen LogP) is 3.14. The average molecular weight is 289 g/mol. The third kappa shape index (κ3) is 4.25. The molecule has 2 N–H and O–H groups in total. The number of alkyl halides is 3. The molecule has 0 bridgehead atoms. The van der Waals surface area contributed by atoms with Gasteiger partial charge in [-0.1, -0.05) is 6.07 Å². The highest BCUT2D eigenvalue weighted by atomic mass is 19.4. The highest BCUT2D eigenvalue weighted by molar-refractivity contribution is 5.94. The molecular formula is C13H14F3NO3. The first-order valence-electron chi connectivity index (χ1n) is 5.73. The summed E-state index contributed by atoms with van der Waals surface area (Å²) in [5.74, 6) is -1.81. The van der Waals surface area contributed by atoms with Gasteiger partial charge in [-0.2, -0.15) is 13.2 Å². The van der Waals surface area contributed by atoms with Gasteiger partial charge in [0.25, 0.3) is 0 Å². The van der Waals surface area contributed by atoms with Crippen LogP contribution in [0, 0.1) is 5.41 Å². The lowest BCUT2D eigenvalue weighted by Crippen LogP contribution is -2.29. The molecule has 0 saturated heterocycles. The van der Waals surface area contributed by atoms with Gasteiger partial charge in [-0.15, -0.1) is 0 Å². The summed E-state index contributed by atoms with van der Waals surface area (Å²) in [5.41, 5.74) is -2.19. The van der Waals surface area contributed by atoms with Gasteiger partial charge in [-0.25, -0.2) is 0 Å². The molecule has 0 heterocycles. The molecule has 4 nitrogen and oxygen atoms in total. The van der Waals surface area contributed by atoms with Crippen molar-refractivity contribution in [3.8, 4) is 0 Å². The Hall–Kier alpha value is -2.05. The molecule has 0 radical (unpaired) electrons. The van der Waals surface area contributed by atoms with Gasteiger partial charge >= 0.3 is 12.1 Å². The Morgan fingerprint density at radius 3 is 2.35 bits per heavy atom. The van der Waals surface area contributed by atoms with Crippen LogP contribution in [0.4, 0.5) is 18.9 Å². The summed E-state index contributed by atoms with van der Waals surface area (Å²) in [4.78, 5) is 22.5. The molecule has 0 aliphatic rings.